The van der Waals surface area contributed by atoms with Gasteiger partial charge in [0.1, 0.15) is 6.29 Å². The fourth-order valence-corrected chi connectivity index (χ4v) is 5.08. The highest BCUT2D eigenvalue weighted by molar-refractivity contribution is 5.48. The monoisotopic (exact) mass is 401 g/mol. The number of aldehydes is 1. The van der Waals surface area contributed by atoms with Crippen molar-refractivity contribution in [3.05, 3.63) is 18.0 Å². The molecular weight excluding hydrogens is 362 g/mol. The van der Waals surface area contributed by atoms with Crippen molar-refractivity contribution >= 4 is 12.2 Å². The molecule has 0 N–H and O–H groups in total. The van der Waals surface area contributed by atoms with E-state index in [1.54, 1.807) is 0 Å². The van der Waals surface area contributed by atoms with Crippen LogP contribution in [-0.4, -0.2) is 70.9 Å². The van der Waals surface area contributed by atoms with Crippen LogP contribution in [0.1, 0.15) is 70.8 Å². The first-order chi connectivity index (χ1) is 14.2. The van der Waals surface area contributed by atoms with Crippen LogP contribution in [0.5, 0.6) is 0 Å². The number of carbonyl (C=O) groups is 1. The molecule has 0 aromatic carbocycles. The average molecular weight is 402 g/mol. The van der Waals surface area contributed by atoms with E-state index in [0.29, 0.717) is 18.5 Å². The van der Waals surface area contributed by atoms with E-state index in [1.165, 1.54) is 63.6 Å². The predicted octanol–water partition coefficient (Wildman–Crippen LogP) is 3.51. The Morgan fingerprint density at radius 2 is 1.62 bits per heavy atom. The summed E-state index contributed by atoms with van der Waals surface area (Å²) < 4.78 is 0. The fourth-order valence-electron chi connectivity index (χ4n) is 5.08. The molecule has 2 aliphatic heterocycles. The number of rotatable bonds is 6. The van der Waals surface area contributed by atoms with E-state index in [4.69, 9.17) is 9.97 Å². The van der Waals surface area contributed by atoms with Crippen LogP contribution in [0.3, 0.4) is 0 Å². The lowest BCUT2D eigenvalue weighted by Gasteiger charge is -2.40. The van der Waals surface area contributed by atoms with E-state index in [-0.39, 0.29) is 0 Å². The van der Waals surface area contributed by atoms with E-state index >= 15 is 0 Å². The molecule has 3 aliphatic rings. The lowest BCUT2D eigenvalue weighted by Crippen LogP contribution is -2.54. The number of fused-ring (bicyclic) bond motifs is 2. The van der Waals surface area contributed by atoms with Gasteiger partial charge in [-0.2, -0.15) is 0 Å². The average Bonchev–Trinajstić information content (AvgIpc) is 3.04. The first-order valence-corrected chi connectivity index (χ1v) is 11.6. The van der Waals surface area contributed by atoms with Gasteiger partial charge in [0.15, 0.2) is 0 Å². The van der Waals surface area contributed by atoms with Crippen molar-refractivity contribution in [3.63, 3.8) is 0 Å². The third-order valence-corrected chi connectivity index (χ3v) is 6.72. The van der Waals surface area contributed by atoms with Gasteiger partial charge in [0.2, 0.25) is 5.95 Å². The highest BCUT2D eigenvalue weighted by atomic mass is 16.1. The Morgan fingerprint density at radius 3 is 2.14 bits per heavy atom. The quantitative estimate of drug-likeness (QED) is 0.680. The summed E-state index contributed by atoms with van der Waals surface area (Å²) in [7, 11) is 2.26. The minimum Gasteiger partial charge on any atom is -0.332 e. The molecule has 4 rings (SSSR count). The predicted molar refractivity (Wildman–Crippen MR) is 118 cm³/mol. The fraction of sp³-hybridized carbons (Fsp3) is 0.783. The molecule has 162 valence electrons. The molecule has 0 spiro atoms. The highest BCUT2D eigenvalue weighted by Gasteiger charge is 2.40. The molecule has 1 aliphatic carbocycles. The zero-order valence-corrected chi connectivity index (χ0v) is 18.6. The van der Waals surface area contributed by atoms with Gasteiger partial charge in [-0.3, -0.25) is 9.80 Å². The molecule has 3 heterocycles. The van der Waals surface area contributed by atoms with Crippen molar-refractivity contribution < 1.29 is 4.79 Å². The molecule has 2 saturated heterocycles. The normalized spacial score (nSPS) is 25.0. The molecule has 1 aromatic heterocycles. The number of likely N-dealkylation sites (N-methyl/N-ethyl adjacent to an activating group) is 1. The van der Waals surface area contributed by atoms with Crippen LogP contribution >= 0.6 is 0 Å². The minimum absolute atomic E-state index is 0.606. The summed E-state index contributed by atoms with van der Waals surface area (Å²) in [4.78, 5) is 26.3. The van der Waals surface area contributed by atoms with Crippen LogP contribution in [0.4, 0.5) is 5.95 Å². The Bertz CT molecular complexity index is 602. The number of carbonyl (C=O) groups excluding carboxylic acids is 1. The highest BCUT2D eigenvalue weighted by Crippen LogP contribution is 2.32. The maximum Gasteiger partial charge on any atom is 0.225 e. The number of piperazine rings is 1. The van der Waals surface area contributed by atoms with E-state index in [2.05, 4.69) is 41.1 Å². The van der Waals surface area contributed by atoms with E-state index in [0.717, 1.165) is 31.4 Å². The summed E-state index contributed by atoms with van der Waals surface area (Å²) >= 11 is 0. The molecule has 1 aromatic rings. The lowest BCUT2D eigenvalue weighted by molar-refractivity contribution is -0.107. The standard InChI is InChI=1S/C20H33N5.C3H6O/c1-3-24-14-18-9-10-19(15-24)25(18)20-21-11-16(12-22-20)13-23(2)17-7-5-4-6-8-17;1-2-3-4/h11-12,17-19H,3-10,13-15H2,1-2H3;3H,2H2,1H3. The number of nitrogens with zero attached hydrogens (tertiary/aromatic N) is 5. The van der Waals surface area contributed by atoms with Gasteiger partial charge in [0.05, 0.1) is 0 Å². The smallest absolute Gasteiger partial charge is 0.225 e. The zero-order chi connectivity index (χ0) is 20.6. The lowest BCUT2D eigenvalue weighted by atomic mass is 9.94. The molecule has 6 nitrogen and oxygen atoms in total. The minimum atomic E-state index is 0.606. The third kappa shape index (κ3) is 5.76. The van der Waals surface area contributed by atoms with Crippen molar-refractivity contribution in [3.8, 4) is 0 Å². The molecule has 0 radical (unpaired) electrons. The first-order valence-electron chi connectivity index (χ1n) is 11.6. The number of likely N-dealkylation sites (tertiary alicyclic amines) is 1. The Morgan fingerprint density at radius 1 is 1.03 bits per heavy atom. The number of hydrogen-bond acceptors (Lipinski definition) is 6. The third-order valence-electron chi connectivity index (χ3n) is 6.72. The number of hydrogen-bond donors (Lipinski definition) is 0. The maximum absolute atomic E-state index is 9.17. The number of aromatic nitrogens is 2. The van der Waals surface area contributed by atoms with Gasteiger partial charge >= 0.3 is 0 Å². The molecule has 2 atom stereocenters. The van der Waals surface area contributed by atoms with Crippen LogP contribution in [0.2, 0.25) is 0 Å². The summed E-state index contributed by atoms with van der Waals surface area (Å²) in [6.07, 6.45) is 15.1. The van der Waals surface area contributed by atoms with Crippen molar-refractivity contribution in [2.75, 3.05) is 31.6 Å². The molecule has 1 saturated carbocycles. The van der Waals surface area contributed by atoms with Crippen molar-refractivity contribution in [1.29, 1.82) is 0 Å². The Hall–Kier alpha value is -1.53. The molecule has 2 bridgehead atoms. The SMILES string of the molecule is CCC=O.CCN1CC2CCC(C1)N2c1ncc(CN(C)C2CCCCC2)cn1. The molecular formula is C23H39N5O. The van der Waals surface area contributed by atoms with Gasteiger partial charge in [-0.25, -0.2) is 9.97 Å². The maximum atomic E-state index is 9.17. The second kappa shape index (κ2) is 11.0. The Balaban J connectivity index is 0.000000552. The van der Waals surface area contributed by atoms with Gasteiger partial charge in [0.25, 0.3) is 0 Å². The van der Waals surface area contributed by atoms with Gasteiger partial charge in [0, 0.05) is 62.1 Å². The molecule has 29 heavy (non-hydrogen) atoms. The van der Waals surface area contributed by atoms with Crippen LogP contribution in [0.25, 0.3) is 0 Å². The van der Waals surface area contributed by atoms with E-state index in [9.17, 15) is 4.79 Å². The van der Waals surface area contributed by atoms with Gasteiger partial charge in [-0.1, -0.05) is 33.1 Å². The van der Waals surface area contributed by atoms with Gasteiger partial charge < -0.3 is 9.69 Å². The van der Waals surface area contributed by atoms with E-state index < -0.39 is 0 Å². The molecule has 0 amide bonds. The largest absolute Gasteiger partial charge is 0.332 e. The molecule has 2 unspecified atom stereocenters. The summed E-state index contributed by atoms with van der Waals surface area (Å²) in [5.41, 5.74) is 1.25. The Labute approximate surface area is 176 Å². The van der Waals surface area contributed by atoms with Gasteiger partial charge in [-0.05, 0) is 39.3 Å². The van der Waals surface area contributed by atoms with Gasteiger partial charge in [-0.15, -0.1) is 0 Å². The van der Waals surface area contributed by atoms with Crippen LogP contribution < -0.4 is 4.90 Å². The van der Waals surface area contributed by atoms with Crippen LogP contribution in [0.15, 0.2) is 12.4 Å². The second-order valence-electron chi connectivity index (χ2n) is 8.82. The van der Waals surface area contributed by atoms with Crippen molar-refractivity contribution in [2.24, 2.45) is 0 Å². The topological polar surface area (TPSA) is 52.6 Å². The summed E-state index contributed by atoms with van der Waals surface area (Å²) in [5.74, 6) is 0.951. The summed E-state index contributed by atoms with van der Waals surface area (Å²) in [6.45, 7) is 8.55. The Kier molecular flexibility index (Phi) is 8.42. The summed E-state index contributed by atoms with van der Waals surface area (Å²) in [6, 6.07) is 1.95. The first kappa shape index (κ1) is 22.2. The second-order valence-corrected chi connectivity index (χ2v) is 8.82. The van der Waals surface area contributed by atoms with Crippen molar-refractivity contribution in [1.82, 2.24) is 19.8 Å². The number of anilines is 1. The van der Waals surface area contributed by atoms with E-state index in [1.807, 2.05) is 6.92 Å². The molecule has 6 heteroatoms. The zero-order valence-electron chi connectivity index (χ0n) is 18.6. The molecule has 3 fully saturated rings. The van der Waals surface area contributed by atoms with Crippen LogP contribution in [-0.2, 0) is 11.3 Å². The van der Waals surface area contributed by atoms with Crippen molar-refractivity contribution in [2.45, 2.75) is 89.9 Å². The summed E-state index contributed by atoms with van der Waals surface area (Å²) in [5, 5.41) is 0. The van der Waals surface area contributed by atoms with Crippen LogP contribution in [0, 0.1) is 0 Å².